The molecular weight excluding hydrogens is 958 g/mol. The maximum absolute atomic E-state index is 13.4. The van der Waals surface area contributed by atoms with Gasteiger partial charge < -0.3 is 39.3 Å². The van der Waals surface area contributed by atoms with Crippen LogP contribution in [0.1, 0.15) is 36.8 Å². The SMILES string of the molecule is O=C(O)C1CCCN(c2cccc(-c3cc(Sc4cc(-c5cccc(N6CCCC(C(=O)O)C6)c5)c(/C=C/C(=O)N5CCOCC5)c(Cl)c4Cl)c(Cl)c(Cl)c3/C=C/C(=O)N3CCOCC3)c2)C1. The molecule has 4 aromatic carbocycles. The van der Waals surface area contributed by atoms with Crippen molar-refractivity contribution in [2.24, 2.45) is 11.8 Å². The molecule has 2 N–H and O–H groups in total. The molecule has 4 heterocycles. The lowest BCUT2D eigenvalue weighted by Crippen LogP contribution is -2.39. The van der Waals surface area contributed by atoms with Crippen LogP contribution in [0.3, 0.4) is 0 Å². The zero-order chi connectivity index (χ0) is 47.2. The largest absolute Gasteiger partial charge is 0.481 e. The second-order valence-electron chi connectivity index (χ2n) is 16.9. The molecule has 2 amide bonds. The summed E-state index contributed by atoms with van der Waals surface area (Å²) in [5.74, 6) is -2.99. The van der Waals surface area contributed by atoms with Crippen molar-refractivity contribution in [1.82, 2.24) is 9.80 Å². The quantitative estimate of drug-likeness (QED) is 0.131. The van der Waals surface area contributed by atoms with E-state index in [1.165, 1.54) is 23.9 Å². The highest BCUT2D eigenvalue weighted by Crippen LogP contribution is 2.49. The van der Waals surface area contributed by atoms with Crippen LogP contribution in [-0.2, 0) is 28.7 Å². The number of anilines is 2. The highest BCUT2D eigenvalue weighted by atomic mass is 35.5. The summed E-state index contributed by atoms with van der Waals surface area (Å²) >= 11 is 30.1. The van der Waals surface area contributed by atoms with Gasteiger partial charge in [0, 0.05) is 96.8 Å². The van der Waals surface area contributed by atoms with E-state index in [9.17, 15) is 29.4 Å². The number of carbonyl (C=O) groups is 4. The van der Waals surface area contributed by atoms with E-state index in [1.54, 1.807) is 22.0 Å². The van der Waals surface area contributed by atoms with Gasteiger partial charge in [0.2, 0.25) is 11.8 Å². The molecule has 0 bridgehead atoms. The van der Waals surface area contributed by atoms with E-state index in [1.807, 2.05) is 60.7 Å². The Morgan fingerprint density at radius 3 is 1.36 bits per heavy atom. The fraction of sp³-hybridized carbons (Fsp3) is 0.360. The highest BCUT2D eigenvalue weighted by molar-refractivity contribution is 7.99. The number of morpholine rings is 2. The third-order valence-corrected chi connectivity index (χ3v) is 15.7. The van der Waals surface area contributed by atoms with Gasteiger partial charge in [-0.2, -0.15) is 0 Å². The molecule has 4 saturated heterocycles. The van der Waals surface area contributed by atoms with Crippen LogP contribution in [0, 0.1) is 11.8 Å². The molecule has 4 aliphatic rings. The fourth-order valence-corrected chi connectivity index (χ4v) is 11.1. The minimum absolute atomic E-state index is 0.192. The zero-order valence-corrected chi connectivity index (χ0v) is 40.4. The molecule has 0 spiro atoms. The topological polar surface area (TPSA) is 140 Å². The number of carboxylic acid groups (broad SMARTS) is 2. The van der Waals surface area contributed by atoms with E-state index < -0.39 is 23.8 Å². The first kappa shape index (κ1) is 48.7. The van der Waals surface area contributed by atoms with Gasteiger partial charge in [0.25, 0.3) is 0 Å². The number of rotatable bonds is 12. The predicted octanol–water partition coefficient (Wildman–Crippen LogP) is 10.1. The number of hydrogen-bond donors (Lipinski definition) is 2. The summed E-state index contributed by atoms with van der Waals surface area (Å²) in [6, 6.07) is 19.4. The third kappa shape index (κ3) is 11.4. The van der Waals surface area contributed by atoms with E-state index in [2.05, 4.69) is 9.80 Å². The smallest absolute Gasteiger partial charge is 0.308 e. The summed E-state index contributed by atoms with van der Waals surface area (Å²) in [5.41, 5.74) is 5.63. The predicted molar refractivity (Wildman–Crippen MR) is 266 cm³/mol. The lowest BCUT2D eigenvalue weighted by atomic mass is 9.96. The van der Waals surface area contributed by atoms with Crippen molar-refractivity contribution >= 4 is 105 Å². The first-order valence-electron chi connectivity index (χ1n) is 22.3. The third-order valence-electron chi connectivity index (χ3n) is 12.7. The number of aliphatic carboxylic acids is 2. The first-order chi connectivity index (χ1) is 32.4. The number of halogens is 4. The first-order valence-corrected chi connectivity index (χ1v) is 24.7. The van der Waals surface area contributed by atoms with Gasteiger partial charge in [-0.05, 0) is 96.5 Å². The number of nitrogens with zero attached hydrogens (tertiary/aromatic N) is 4. The van der Waals surface area contributed by atoms with Crippen molar-refractivity contribution in [1.29, 1.82) is 0 Å². The molecule has 0 aromatic heterocycles. The van der Waals surface area contributed by atoms with Gasteiger partial charge in [-0.3, -0.25) is 19.2 Å². The number of piperidine rings is 2. The van der Waals surface area contributed by atoms with E-state index in [0.29, 0.717) is 124 Å². The number of hydrogen-bond acceptors (Lipinski definition) is 9. The van der Waals surface area contributed by atoms with E-state index in [4.69, 9.17) is 55.9 Å². The zero-order valence-electron chi connectivity index (χ0n) is 36.6. The monoisotopic (exact) mass is 1010 g/mol. The lowest BCUT2D eigenvalue weighted by molar-refractivity contribution is -0.142. The van der Waals surface area contributed by atoms with Crippen molar-refractivity contribution in [2.45, 2.75) is 35.5 Å². The van der Waals surface area contributed by atoms with Gasteiger partial charge in [0.05, 0.1) is 58.4 Å². The van der Waals surface area contributed by atoms with Crippen LogP contribution in [0.25, 0.3) is 34.4 Å². The van der Waals surface area contributed by atoms with Gasteiger partial charge in [0.15, 0.2) is 0 Å². The molecule has 12 nitrogen and oxygen atoms in total. The molecular formula is C50H50Cl4N4O8S. The number of ether oxygens (including phenoxy) is 2. The molecule has 8 rings (SSSR count). The molecule has 352 valence electrons. The van der Waals surface area contributed by atoms with Crippen LogP contribution < -0.4 is 9.80 Å². The van der Waals surface area contributed by atoms with E-state index >= 15 is 0 Å². The number of carbonyl (C=O) groups excluding carboxylic acids is 2. The molecule has 4 aromatic rings. The average Bonchev–Trinajstić information content (AvgIpc) is 3.36. The molecule has 4 fully saturated rings. The Hall–Kier alpha value is -4.73. The standard InChI is InChI=1S/C50H50Cl4N4O8S/c51-45-37(11-13-43(59)55-17-21-65-22-18-55)39(31-5-1-9-35(25-31)57-15-3-7-33(29-57)49(61)62)27-41(47(45)53)67-42-28-40(32-6-2-10-36(26-32)58-16-4-8-34(30-58)50(63)64)38(46(52)48(42)54)12-14-44(60)56-19-23-66-24-20-56/h1-2,5-6,9-14,25-28,33-34H,3-4,7-8,15-24,29-30H2,(H,61,62)(H,63,64)/b13-11+,14-12+. The molecule has 0 saturated carbocycles. The van der Waals surface area contributed by atoms with Gasteiger partial charge in [0.1, 0.15) is 0 Å². The number of amides is 2. The molecule has 17 heteroatoms. The number of carboxylic acids is 2. The Labute approximate surface area is 414 Å². The van der Waals surface area contributed by atoms with Crippen LogP contribution in [-0.4, -0.2) is 123 Å². The van der Waals surface area contributed by atoms with Crippen molar-refractivity contribution in [3.8, 4) is 22.3 Å². The van der Waals surface area contributed by atoms with Gasteiger partial charge in [-0.25, -0.2) is 0 Å². The maximum atomic E-state index is 13.4. The Morgan fingerprint density at radius 2 is 0.970 bits per heavy atom. The Bertz CT molecular complexity index is 2420. The summed E-state index contributed by atoms with van der Waals surface area (Å²) in [4.78, 5) is 59.5. The summed E-state index contributed by atoms with van der Waals surface area (Å²) in [6.45, 7) is 5.81. The van der Waals surface area contributed by atoms with E-state index in [0.717, 1.165) is 35.3 Å². The number of benzene rings is 4. The highest BCUT2D eigenvalue weighted by Gasteiger charge is 2.29. The Balaban J connectivity index is 1.21. The molecule has 4 aliphatic heterocycles. The van der Waals surface area contributed by atoms with Crippen LogP contribution in [0.15, 0.2) is 82.6 Å². The van der Waals surface area contributed by atoms with E-state index in [-0.39, 0.29) is 31.9 Å². The van der Waals surface area contributed by atoms with Crippen molar-refractivity contribution in [2.75, 3.05) is 88.6 Å². The molecule has 2 unspecified atom stereocenters. The normalized spacial score (nSPS) is 19.3. The Morgan fingerprint density at radius 1 is 0.567 bits per heavy atom. The van der Waals surface area contributed by atoms with Gasteiger partial charge in [-0.1, -0.05) is 82.4 Å². The Kier molecular flexibility index (Phi) is 16.1. The second-order valence-corrected chi connectivity index (χ2v) is 19.5. The minimum Gasteiger partial charge on any atom is -0.481 e. The molecule has 2 atom stereocenters. The summed E-state index contributed by atoms with van der Waals surface area (Å²) in [7, 11) is 0. The van der Waals surface area contributed by atoms with Gasteiger partial charge >= 0.3 is 11.9 Å². The van der Waals surface area contributed by atoms with Crippen molar-refractivity contribution < 1.29 is 38.9 Å². The van der Waals surface area contributed by atoms with Crippen LogP contribution >= 0.6 is 58.2 Å². The fourth-order valence-electron chi connectivity index (χ4n) is 8.96. The van der Waals surface area contributed by atoms with Crippen LogP contribution in [0.4, 0.5) is 11.4 Å². The summed E-state index contributed by atoms with van der Waals surface area (Å²) in [5, 5.41) is 20.5. The summed E-state index contributed by atoms with van der Waals surface area (Å²) < 4.78 is 10.9. The lowest BCUT2D eigenvalue weighted by Gasteiger charge is -2.33. The molecule has 67 heavy (non-hydrogen) atoms. The van der Waals surface area contributed by atoms with Crippen LogP contribution in [0.2, 0.25) is 20.1 Å². The molecule has 0 radical (unpaired) electrons. The maximum Gasteiger partial charge on any atom is 0.308 e. The van der Waals surface area contributed by atoms with Gasteiger partial charge in [-0.15, -0.1) is 0 Å². The summed E-state index contributed by atoms with van der Waals surface area (Å²) in [6.07, 6.45) is 9.04. The van der Waals surface area contributed by atoms with Crippen molar-refractivity contribution in [3.63, 3.8) is 0 Å². The second kappa shape index (κ2) is 22.1. The average molecular weight is 1010 g/mol. The van der Waals surface area contributed by atoms with Crippen LogP contribution in [0.5, 0.6) is 0 Å². The molecule has 0 aliphatic carbocycles. The minimum atomic E-state index is -0.819. The van der Waals surface area contributed by atoms with Crippen molar-refractivity contribution in [3.05, 3.63) is 104 Å².